The molecule has 0 radical (unpaired) electrons. The van der Waals surface area contributed by atoms with Gasteiger partial charge in [-0.3, -0.25) is 0 Å². The van der Waals surface area contributed by atoms with Crippen LogP contribution in [0.2, 0.25) is 0 Å². The van der Waals surface area contributed by atoms with E-state index in [4.69, 9.17) is 0 Å². The molecule has 0 aromatic carbocycles. The summed E-state index contributed by atoms with van der Waals surface area (Å²) in [5.74, 6) is 1.69. The van der Waals surface area contributed by atoms with Crippen LogP contribution >= 0.6 is 0 Å². The average molecular weight is 260 g/mol. The van der Waals surface area contributed by atoms with Crippen LogP contribution in [0.25, 0.3) is 0 Å². The van der Waals surface area contributed by atoms with E-state index in [0.29, 0.717) is 0 Å². The average Bonchev–Trinajstić information content (AvgIpc) is 2.93. The van der Waals surface area contributed by atoms with Gasteiger partial charge in [0.25, 0.3) is 0 Å². The summed E-state index contributed by atoms with van der Waals surface area (Å²) in [5.41, 5.74) is 1.29. The van der Waals surface area contributed by atoms with Crippen molar-refractivity contribution in [3.05, 3.63) is 36.4 Å². The van der Waals surface area contributed by atoms with Crippen LogP contribution in [0, 0.1) is 0 Å². The van der Waals surface area contributed by atoms with Crippen LogP contribution in [0.5, 0.6) is 0 Å². The summed E-state index contributed by atoms with van der Waals surface area (Å²) < 4.78 is 0. The van der Waals surface area contributed by atoms with Crippen LogP contribution in [0.3, 0.4) is 0 Å². The molecule has 2 aromatic heterocycles. The van der Waals surface area contributed by atoms with Crippen LogP contribution < -0.4 is 16.0 Å². The molecule has 6 nitrogen and oxygen atoms in total. The SMILES string of the molecule is CNCCNc1cc(NCCc2cc[nH]c2)ncn1. The molecule has 0 saturated heterocycles. The van der Waals surface area contributed by atoms with Crippen molar-refractivity contribution in [2.24, 2.45) is 0 Å². The molecule has 102 valence electrons. The first-order chi connectivity index (χ1) is 9.38. The van der Waals surface area contributed by atoms with Gasteiger partial charge in [-0.2, -0.15) is 0 Å². The number of nitrogens with zero attached hydrogens (tertiary/aromatic N) is 2. The minimum absolute atomic E-state index is 0.842. The highest BCUT2D eigenvalue weighted by atomic mass is 15.1. The lowest BCUT2D eigenvalue weighted by Crippen LogP contribution is -2.18. The van der Waals surface area contributed by atoms with Crippen molar-refractivity contribution in [1.29, 1.82) is 0 Å². The molecule has 0 amide bonds. The first kappa shape index (κ1) is 13.4. The Bertz CT molecular complexity index is 468. The van der Waals surface area contributed by atoms with Crippen molar-refractivity contribution in [3.8, 4) is 0 Å². The van der Waals surface area contributed by atoms with E-state index in [1.165, 1.54) is 5.56 Å². The lowest BCUT2D eigenvalue weighted by molar-refractivity contribution is 0.820. The van der Waals surface area contributed by atoms with Crippen molar-refractivity contribution in [1.82, 2.24) is 20.3 Å². The second-order valence-corrected chi connectivity index (χ2v) is 4.21. The lowest BCUT2D eigenvalue weighted by Gasteiger charge is -2.08. The molecular weight excluding hydrogens is 240 g/mol. The minimum Gasteiger partial charge on any atom is -0.370 e. The summed E-state index contributed by atoms with van der Waals surface area (Å²) in [4.78, 5) is 11.4. The number of hydrogen-bond donors (Lipinski definition) is 4. The maximum atomic E-state index is 4.20. The molecule has 2 heterocycles. The molecule has 0 saturated carbocycles. The largest absolute Gasteiger partial charge is 0.370 e. The van der Waals surface area contributed by atoms with E-state index in [2.05, 4.69) is 37.0 Å². The second-order valence-electron chi connectivity index (χ2n) is 4.21. The number of aromatic amines is 1. The zero-order valence-electron chi connectivity index (χ0n) is 11.1. The summed E-state index contributed by atoms with van der Waals surface area (Å²) in [6, 6.07) is 4.00. The van der Waals surface area contributed by atoms with E-state index < -0.39 is 0 Å². The highest BCUT2D eigenvalue weighted by Crippen LogP contribution is 2.08. The first-order valence-corrected chi connectivity index (χ1v) is 6.44. The van der Waals surface area contributed by atoms with Gasteiger partial charge >= 0.3 is 0 Å². The molecule has 0 fully saturated rings. The molecule has 2 rings (SSSR count). The highest BCUT2D eigenvalue weighted by Gasteiger charge is 1.98. The third-order valence-corrected chi connectivity index (χ3v) is 2.73. The van der Waals surface area contributed by atoms with Crippen LogP contribution in [-0.4, -0.2) is 41.6 Å². The highest BCUT2D eigenvalue weighted by molar-refractivity contribution is 5.46. The molecule has 0 aliphatic heterocycles. The van der Waals surface area contributed by atoms with Crippen LogP contribution in [0.1, 0.15) is 5.56 Å². The molecule has 19 heavy (non-hydrogen) atoms. The third kappa shape index (κ3) is 4.59. The summed E-state index contributed by atoms with van der Waals surface area (Å²) >= 11 is 0. The maximum Gasteiger partial charge on any atom is 0.131 e. The number of anilines is 2. The van der Waals surface area contributed by atoms with Crippen molar-refractivity contribution < 1.29 is 0 Å². The smallest absolute Gasteiger partial charge is 0.131 e. The van der Waals surface area contributed by atoms with Gasteiger partial charge in [0.15, 0.2) is 0 Å². The van der Waals surface area contributed by atoms with Gasteiger partial charge in [-0.1, -0.05) is 0 Å². The maximum absolute atomic E-state index is 4.20. The molecule has 0 spiro atoms. The van der Waals surface area contributed by atoms with E-state index in [0.717, 1.165) is 37.7 Å². The van der Waals surface area contributed by atoms with Crippen LogP contribution in [-0.2, 0) is 6.42 Å². The zero-order valence-corrected chi connectivity index (χ0v) is 11.1. The molecule has 0 unspecified atom stereocenters. The van der Waals surface area contributed by atoms with Gasteiger partial charge in [-0.05, 0) is 25.1 Å². The lowest BCUT2D eigenvalue weighted by atomic mass is 10.2. The Morgan fingerprint density at radius 2 is 1.89 bits per heavy atom. The molecule has 4 N–H and O–H groups in total. The number of nitrogens with one attached hydrogen (secondary N) is 4. The van der Waals surface area contributed by atoms with E-state index in [1.54, 1.807) is 6.33 Å². The predicted octanol–water partition coefficient (Wildman–Crippen LogP) is 1.09. The number of rotatable bonds is 8. The fraction of sp³-hybridized carbons (Fsp3) is 0.385. The number of likely N-dealkylation sites (N-methyl/N-ethyl adjacent to an activating group) is 1. The summed E-state index contributed by atoms with van der Waals surface area (Å²) in [7, 11) is 1.93. The second kappa shape index (κ2) is 7.38. The Morgan fingerprint density at radius 1 is 1.11 bits per heavy atom. The van der Waals surface area contributed by atoms with E-state index in [1.807, 2.05) is 25.5 Å². The van der Waals surface area contributed by atoms with Gasteiger partial charge in [0.05, 0.1) is 0 Å². The quantitative estimate of drug-likeness (QED) is 0.534. The van der Waals surface area contributed by atoms with Crippen molar-refractivity contribution in [2.75, 3.05) is 37.3 Å². The Balaban J connectivity index is 1.78. The molecule has 6 heteroatoms. The molecule has 0 bridgehead atoms. The molecule has 0 aliphatic carbocycles. The van der Waals surface area contributed by atoms with Gasteiger partial charge in [-0.25, -0.2) is 9.97 Å². The van der Waals surface area contributed by atoms with Crippen LogP contribution in [0.4, 0.5) is 11.6 Å². The zero-order chi connectivity index (χ0) is 13.3. The topological polar surface area (TPSA) is 77.7 Å². The van der Waals surface area contributed by atoms with Crippen LogP contribution in [0.15, 0.2) is 30.9 Å². The Labute approximate surface area is 113 Å². The van der Waals surface area contributed by atoms with Gasteiger partial charge in [-0.15, -0.1) is 0 Å². The number of H-pyrrole nitrogens is 1. The van der Waals surface area contributed by atoms with Gasteiger partial charge < -0.3 is 20.9 Å². The molecule has 2 aromatic rings. The van der Waals surface area contributed by atoms with Gasteiger partial charge in [0.1, 0.15) is 18.0 Å². The number of hydrogen-bond acceptors (Lipinski definition) is 5. The fourth-order valence-corrected chi connectivity index (χ4v) is 1.72. The van der Waals surface area contributed by atoms with E-state index >= 15 is 0 Å². The first-order valence-electron chi connectivity index (χ1n) is 6.44. The van der Waals surface area contributed by atoms with Crippen molar-refractivity contribution >= 4 is 11.6 Å². The normalized spacial score (nSPS) is 10.4. The van der Waals surface area contributed by atoms with Gasteiger partial charge in [0.2, 0.25) is 0 Å². The Hall–Kier alpha value is -2.08. The minimum atomic E-state index is 0.842. The molecule has 0 atom stereocenters. The molecule has 0 aliphatic rings. The Kier molecular flexibility index (Phi) is 5.18. The van der Waals surface area contributed by atoms with Crippen molar-refractivity contribution in [3.63, 3.8) is 0 Å². The summed E-state index contributed by atoms with van der Waals surface area (Å²) in [6.07, 6.45) is 6.48. The summed E-state index contributed by atoms with van der Waals surface area (Å²) in [5, 5.41) is 9.60. The monoisotopic (exact) mass is 260 g/mol. The fourth-order valence-electron chi connectivity index (χ4n) is 1.72. The Morgan fingerprint density at radius 3 is 2.58 bits per heavy atom. The number of aromatic nitrogens is 3. The van der Waals surface area contributed by atoms with E-state index in [9.17, 15) is 0 Å². The van der Waals surface area contributed by atoms with E-state index in [-0.39, 0.29) is 0 Å². The predicted molar refractivity (Wildman–Crippen MR) is 77.4 cm³/mol. The summed E-state index contributed by atoms with van der Waals surface area (Å²) in [6.45, 7) is 2.60. The molecular formula is C13H20N6. The standard InChI is InChI=1S/C13H20N6/c1-14-6-7-17-13-8-12(18-10-19-13)16-5-3-11-2-4-15-9-11/h2,4,8-10,14-15H,3,5-7H2,1H3,(H2,16,17,18,19). The van der Waals surface area contributed by atoms with Crippen molar-refractivity contribution in [2.45, 2.75) is 6.42 Å². The van der Waals surface area contributed by atoms with Gasteiger partial charge in [0, 0.05) is 38.1 Å². The third-order valence-electron chi connectivity index (χ3n) is 2.73.